The largest absolute Gasteiger partial charge is 0.334 e. The van der Waals surface area contributed by atoms with Gasteiger partial charge in [-0.1, -0.05) is 24.6 Å². The predicted octanol–water partition coefficient (Wildman–Crippen LogP) is 2.65. The number of nitrogens with zero attached hydrogens (tertiary/aromatic N) is 3. The summed E-state index contributed by atoms with van der Waals surface area (Å²) in [6.45, 7) is 5.42. The highest BCUT2D eigenvalue weighted by atomic mass is 16.2. The number of benzene rings is 1. The zero-order valence-electron chi connectivity index (χ0n) is 14.3. The van der Waals surface area contributed by atoms with Crippen LogP contribution >= 0.6 is 0 Å². The molecule has 1 aromatic heterocycles. The normalized spacial score (nSPS) is 20.9. The Hall–Kier alpha value is -2.27. The first kappa shape index (κ1) is 16.6. The van der Waals surface area contributed by atoms with Gasteiger partial charge < -0.3 is 10.6 Å². The van der Waals surface area contributed by atoms with E-state index in [0.717, 1.165) is 30.5 Å². The molecule has 3 rings (SSSR count). The molecule has 0 aliphatic carbocycles. The van der Waals surface area contributed by atoms with Crippen molar-refractivity contribution in [2.75, 3.05) is 13.1 Å². The van der Waals surface area contributed by atoms with Gasteiger partial charge in [0.1, 0.15) is 0 Å². The number of nitrogens with two attached hydrogens (primary N) is 1. The molecular formula is C19H24N4O. The van der Waals surface area contributed by atoms with Crippen LogP contribution in [0.2, 0.25) is 0 Å². The lowest BCUT2D eigenvalue weighted by Gasteiger charge is -2.39. The van der Waals surface area contributed by atoms with Crippen LogP contribution in [0.1, 0.15) is 35.7 Å². The Morgan fingerprint density at radius 2 is 2.08 bits per heavy atom. The van der Waals surface area contributed by atoms with E-state index in [9.17, 15) is 4.79 Å². The molecule has 1 saturated heterocycles. The third kappa shape index (κ3) is 3.17. The number of piperidine rings is 1. The van der Waals surface area contributed by atoms with Crippen LogP contribution in [0.3, 0.4) is 0 Å². The zero-order chi connectivity index (χ0) is 17.1. The van der Waals surface area contributed by atoms with Crippen LogP contribution in [0.15, 0.2) is 36.7 Å². The molecule has 2 N–H and O–H groups in total. The first-order valence-corrected chi connectivity index (χ1v) is 8.51. The molecule has 0 spiro atoms. The van der Waals surface area contributed by atoms with Gasteiger partial charge in [0.25, 0.3) is 5.91 Å². The zero-order valence-corrected chi connectivity index (χ0v) is 14.3. The first-order chi connectivity index (χ1) is 11.6. The van der Waals surface area contributed by atoms with E-state index in [1.807, 2.05) is 30.0 Å². The monoisotopic (exact) mass is 324 g/mol. The smallest absolute Gasteiger partial charge is 0.254 e. The van der Waals surface area contributed by atoms with Crippen LogP contribution in [0.25, 0.3) is 11.4 Å². The highest BCUT2D eigenvalue weighted by Crippen LogP contribution is 2.28. The first-order valence-electron chi connectivity index (χ1n) is 8.51. The molecule has 0 bridgehead atoms. The van der Waals surface area contributed by atoms with E-state index >= 15 is 0 Å². The topological polar surface area (TPSA) is 72.1 Å². The Balaban J connectivity index is 2.02. The maximum atomic E-state index is 13.3. The van der Waals surface area contributed by atoms with Crippen molar-refractivity contribution in [1.82, 2.24) is 14.9 Å². The van der Waals surface area contributed by atoms with Crippen LogP contribution in [0.5, 0.6) is 0 Å². The van der Waals surface area contributed by atoms with E-state index in [1.54, 1.807) is 18.5 Å². The Bertz CT molecular complexity index is 717. The Kier molecular flexibility index (Phi) is 4.90. The van der Waals surface area contributed by atoms with E-state index in [4.69, 9.17) is 5.73 Å². The second-order valence-electron chi connectivity index (χ2n) is 6.54. The van der Waals surface area contributed by atoms with Crippen LogP contribution < -0.4 is 5.73 Å². The maximum Gasteiger partial charge on any atom is 0.254 e. The second-order valence-corrected chi connectivity index (χ2v) is 6.54. The number of likely N-dealkylation sites (tertiary alicyclic amines) is 1. The summed E-state index contributed by atoms with van der Waals surface area (Å²) >= 11 is 0. The molecule has 1 amide bonds. The molecule has 5 heteroatoms. The highest BCUT2D eigenvalue weighted by molar-refractivity contribution is 6.00. The number of aromatic nitrogens is 2. The number of rotatable bonds is 3. The van der Waals surface area contributed by atoms with Crippen LogP contribution in [0.4, 0.5) is 0 Å². The van der Waals surface area contributed by atoms with Gasteiger partial charge in [0.2, 0.25) is 0 Å². The standard InChI is InChI=1S/C19H24N4O/c1-13-6-7-15(18-21-8-4-9-22-18)16(11-13)19(24)23-10-3-5-14(2)17(23)12-20/h4,6-9,11,14,17H,3,5,10,12,20H2,1-2H3. The number of hydrogen-bond donors (Lipinski definition) is 1. The summed E-state index contributed by atoms with van der Waals surface area (Å²) in [7, 11) is 0. The molecule has 0 saturated carbocycles. The molecule has 2 aromatic rings. The molecule has 2 atom stereocenters. The number of carbonyl (C=O) groups excluding carboxylic acids is 1. The predicted molar refractivity (Wildman–Crippen MR) is 94.5 cm³/mol. The number of amides is 1. The fraction of sp³-hybridized carbons (Fsp3) is 0.421. The molecule has 1 aromatic carbocycles. The third-order valence-electron chi connectivity index (χ3n) is 4.83. The summed E-state index contributed by atoms with van der Waals surface area (Å²) in [5, 5.41) is 0. The van der Waals surface area contributed by atoms with Crippen molar-refractivity contribution in [3.05, 3.63) is 47.8 Å². The van der Waals surface area contributed by atoms with Crippen molar-refractivity contribution >= 4 is 5.91 Å². The minimum atomic E-state index is 0.0307. The van der Waals surface area contributed by atoms with Crippen molar-refractivity contribution in [3.8, 4) is 11.4 Å². The molecule has 2 heterocycles. The van der Waals surface area contributed by atoms with Crippen molar-refractivity contribution < 1.29 is 4.79 Å². The van der Waals surface area contributed by atoms with Crippen molar-refractivity contribution in [2.24, 2.45) is 11.7 Å². The lowest BCUT2D eigenvalue weighted by molar-refractivity contribution is 0.0533. The molecule has 1 fully saturated rings. The van der Waals surface area contributed by atoms with E-state index in [0.29, 0.717) is 23.9 Å². The average molecular weight is 324 g/mol. The summed E-state index contributed by atoms with van der Waals surface area (Å²) < 4.78 is 0. The quantitative estimate of drug-likeness (QED) is 0.942. The van der Waals surface area contributed by atoms with Gasteiger partial charge in [0.05, 0.1) is 5.56 Å². The minimum absolute atomic E-state index is 0.0307. The SMILES string of the molecule is Cc1ccc(-c2ncccn2)c(C(=O)N2CCCC(C)C2CN)c1. The van der Waals surface area contributed by atoms with Gasteiger partial charge in [0.15, 0.2) is 5.82 Å². The Morgan fingerprint density at radius 3 is 2.79 bits per heavy atom. The van der Waals surface area contributed by atoms with Gasteiger partial charge in [-0.3, -0.25) is 4.79 Å². The molecule has 126 valence electrons. The summed E-state index contributed by atoms with van der Waals surface area (Å²) in [5.41, 5.74) is 8.45. The van der Waals surface area contributed by atoms with E-state index in [2.05, 4.69) is 16.9 Å². The van der Waals surface area contributed by atoms with E-state index in [-0.39, 0.29) is 11.9 Å². The molecule has 1 aliphatic heterocycles. The van der Waals surface area contributed by atoms with Gasteiger partial charge in [-0.15, -0.1) is 0 Å². The molecule has 1 aliphatic rings. The molecular weight excluding hydrogens is 300 g/mol. The Labute approximate surface area is 142 Å². The van der Waals surface area contributed by atoms with Gasteiger partial charge in [-0.2, -0.15) is 0 Å². The van der Waals surface area contributed by atoms with Crippen LogP contribution in [-0.4, -0.2) is 39.9 Å². The van der Waals surface area contributed by atoms with Gasteiger partial charge in [-0.05, 0) is 37.8 Å². The maximum absolute atomic E-state index is 13.3. The minimum Gasteiger partial charge on any atom is -0.334 e. The van der Waals surface area contributed by atoms with Crippen LogP contribution in [-0.2, 0) is 0 Å². The number of hydrogen-bond acceptors (Lipinski definition) is 4. The van der Waals surface area contributed by atoms with Crippen molar-refractivity contribution in [1.29, 1.82) is 0 Å². The number of carbonyl (C=O) groups is 1. The lowest BCUT2D eigenvalue weighted by Crippen LogP contribution is -2.51. The summed E-state index contributed by atoms with van der Waals surface area (Å²) in [4.78, 5) is 23.8. The van der Waals surface area contributed by atoms with E-state index in [1.165, 1.54) is 0 Å². The second kappa shape index (κ2) is 7.09. The van der Waals surface area contributed by atoms with Crippen molar-refractivity contribution in [2.45, 2.75) is 32.7 Å². The van der Waals surface area contributed by atoms with Crippen molar-refractivity contribution in [3.63, 3.8) is 0 Å². The molecule has 5 nitrogen and oxygen atoms in total. The summed E-state index contributed by atoms with van der Waals surface area (Å²) in [6, 6.07) is 7.72. The number of aryl methyl sites for hydroxylation is 1. The van der Waals surface area contributed by atoms with Crippen LogP contribution in [0, 0.1) is 12.8 Å². The highest BCUT2D eigenvalue weighted by Gasteiger charge is 2.32. The fourth-order valence-electron chi connectivity index (χ4n) is 3.48. The Morgan fingerprint density at radius 1 is 1.33 bits per heavy atom. The summed E-state index contributed by atoms with van der Waals surface area (Å²) in [6.07, 6.45) is 5.53. The van der Waals surface area contributed by atoms with Gasteiger partial charge in [0, 0.05) is 37.1 Å². The van der Waals surface area contributed by atoms with Gasteiger partial charge in [-0.25, -0.2) is 9.97 Å². The molecule has 0 radical (unpaired) electrons. The molecule has 2 unspecified atom stereocenters. The summed E-state index contributed by atoms with van der Waals surface area (Å²) in [5.74, 6) is 1.03. The molecule has 24 heavy (non-hydrogen) atoms. The fourth-order valence-corrected chi connectivity index (χ4v) is 3.48. The van der Waals surface area contributed by atoms with Gasteiger partial charge >= 0.3 is 0 Å². The lowest BCUT2D eigenvalue weighted by atomic mass is 9.89. The third-order valence-corrected chi connectivity index (χ3v) is 4.83. The average Bonchev–Trinajstić information content (AvgIpc) is 2.61. The van der Waals surface area contributed by atoms with E-state index < -0.39 is 0 Å².